The molecular weight excluding hydrogens is 409 g/mol. The number of rotatable bonds is 6. The lowest BCUT2D eigenvalue weighted by atomic mass is 10.2. The quantitative estimate of drug-likeness (QED) is 0.496. The van der Waals surface area contributed by atoms with Crippen LogP contribution in [0.15, 0.2) is 53.6 Å². The van der Waals surface area contributed by atoms with Crippen LogP contribution in [0.2, 0.25) is 0 Å². The number of halogens is 1. The van der Waals surface area contributed by atoms with Crippen LogP contribution in [-0.2, 0) is 17.9 Å². The van der Waals surface area contributed by atoms with Gasteiger partial charge >= 0.3 is 6.09 Å². The van der Waals surface area contributed by atoms with Crippen molar-refractivity contribution in [3.8, 4) is 17.1 Å². The van der Waals surface area contributed by atoms with E-state index in [2.05, 4.69) is 20.5 Å². The molecule has 5 rings (SSSR count). The van der Waals surface area contributed by atoms with Crippen LogP contribution in [0.5, 0.6) is 0 Å². The van der Waals surface area contributed by atoms with Crippen LogP contribution in [-0.4, -0.2) is 53.6 Å². The topological polar surface area (TPSA) is 124 Å². The van der Waals surface area contributed by atoms with Gasteiger partial charge in [0.15, 0.2) is 0 Å². The summed E-state index contributed by atoms with van der Waals surface area (Å²) < 4.78 is 28.3. The van der Waals surface area contributed by atoms with Crippen LogP contribution in [0.3, 0.4) is 0 Å². The summed E-state index contributed by atoms with van der Waals surface area (Å²) in [4.78, 5) is 17.7. The van der Waals surface area contributed by atoms with Gasteiger partial charge in [-0.15, -0.1) is 5.10 Å². The molecule has 3 aromatic heterocycles. The van der Waals surface area contributed by atoms with Crippen molar-refractivity contribution in [1.29, 1.82) is 0 Å². The van der Waals surface area contributed by atoms with Gasteiger partial charge in [0.05, 0.1) is 30.7 Å². The highest BCUT2D eigenvalue weighted by molar-refractivity contribution is 5.89. The van der Waals surface area contributed by atoms with Gasteiger partial charge in [0.2, 0.25) is 5.82 Å². The molecular formula is C19H16FN7O4. The van der Waals surface area contributed by atoms with E-state index in [1.54, 1.807) is 52.2 Å². The zero-order valence-corrected chi connectivity index (χ0v) is 16.0. The molecule has 31 heavy (non-hydrogen) atoms. The fraction of sp³-hybridized carbons (Fsp3) is 0.211. The Hall–Kier alpha value is -4.06. The molecule has 0 radical (unpaired) electrons. The summed E-state index contributed by atoms with van der Waals surface area (Å²) in [5.74, 6) is -0.132. The molecule has 1 atom stereocenters. The molecule has 0 aliphatic carbocycles. The van der Waals surface area contributed by atoms with Gasteiger partial charge in [0, 0.05) is 24.2 Å². The van der Waals surface area contributed by atoms with Gasteiger partial charge in [-0.05, 0) is 24.3 Å². The van der Waals surface area contributed by atoms with E-state index in [-0.39, 0.29) is 30.6 Å². The molecule has 158 valence electrons. The number of hydrogen-bond donors (Lipinski definition) is 1. The van der Waals surface area contributed by atoms with E-state index in [1.807, 2.05) is 0 Å². The minimum absolute atomic E-state index is 0.0953. The van der Waals surface area contributed by atoms with Gasteiger partial charge in [-0.25, -0.2) is 13.9 Å². The molecule has 4 heterocycles. The molecule has 0 bridgehead atoms. The Morgan fingerprint density at radius 2 is 2.16 bits per heavy atom. The first-order valence-corrected chi connectivity index (χ1v) is 9.34. The van der Waals surface area contributed by atoms with Gasteiger partial charge < -0.3 is 18.9 Å². The lowest BCUT2D eigenvalue weighted by Gasteiger charge is -2.14. The number of hydrogen-bond acceptors (Lipinski definition) is 8. The molecule has 1 aliphatic rings. The number of anilines is 1. The van der Waals surface area contributed by atoms with Crippen LogP contribution in [0.4, 0.5) is 14.9 Å². The number of aromatic nitrogens is 6. The van der Waals surface area contributed by atoms with Crippen molar-refractivity contribution in [1.82, 2.24) is 29.7 Å². The summed E-state index contributed by atoms with van der Waals surface area (Å²) in [6, 6.07) is 6.20. The third kappa shape index (κ3) is 3.64. The Balaban J connectivity index is 1.34. The Kier molecular flexibility index (Phi) is 4.67. The van der Waals surface area contributed by atoms with Crippen LogP contribution in [0, 0.1) is 5.82 Å². The molecule has 4 aromatic rings. The molecule has 12 heteroatoms. The van der Waals surface area contributed by atoms with E-state index < -0.39 is 18.0 Å². The van der Waals surface area contributed by atoms with Crippen molar-refractivity contribution in [2.75, 3.05) is 11.4 Å². The second kappa shape index (κ2) is 7.65. The molecule has 1 N–H and O–H groups in total. The van der Waals surface area contributed by atoms with E-state index in [0.29, 0.717) is 17.8 Å². The van der Waals surface area contributed by atoms with Crippen molar-refractivity contribution in [3.05, 3.63) is 60.8 Å². The molecule has 11 nitrogen and oxygen atoms in total. The van der Waals surface area contributed by atoms with E-state index >= 15 is 0 Å². The summed E-state index contributed by atoms with van der Waals surface area (Å²) in [7, 11) is 0. The number of ether oxygens (including phenoxy) is 1. The normalized spacial score (nSPS) is 16.1. The number of carbonyl (C=O) groups excluding carboxylic acids is 1. The van der Waals surface area contributed by atoms with E-state index in [1.165, 1.54) is 11.0 Å². The zero-order valence-electron chi connectivity index (χ0n) is 16.0. The molecule has 1 saturated heterocycles. The third-order valence-electron chi connectivity index (χ3n) is 4.81. The standard InChI is InChI=1S/C19H16FN7O4/c20-15-7-13(27-10-14(30-19(27)29)9-26-6-4-21-24-26)1-2-16(15)25-5-3-12(8-25)18-22-17(11-28)31-23-18/h1-8,14,28H,9-11H2/t14-/m0/s1. The number of carbonyl (C=O) groups is 1. The highest BCUT2D eigenvalue weighted by Gasteiger charge is 2.33. The maximum absolute atomic E-state index is 14.9. The van der Waals surface area contributed by atoms with Crippen molar-refractivity contribution >= 4 is 11.8 Å². The SMILES string of the molecule is O=C1O[C@@H](Cn2ccnn2)CN1c1ccc(-n2ccc(-c3noc(CO)n3)c2)c(F)c1. The Bertz CT molecular complexity index is 1220. The van der Waals surface area contributed by atoms with Crippen LogP contribution in [0.1, 0.15) is 5.89 Å². The lowest BCUT2D eigenvalue weighted by Crippen LogP contribution is -2.26. The van der Waals surface area contributed by atoms with E-state index in [0.717, 1.165) is 0 Å². The van der Waals surface area contributed by atoms with Gasteiger partial charge in [0.1, 0.15) is 18.5 Å². The molecule has 1 aliphatic heterocycles. The molecule has 0 spiro atoms. The van der Waals surface area contributed by atoms with Crippen LogP contribution in [0.25, 0.3) is 17.1 Å². The number of nitrogens with zero attached hydrogens (tertiary/aromatic N) is 7. The molecule has 0 saturated carbocycles. The summed E-state index contributed by atoms with van der Waals surface area (Å²) >= 11 is 0. The van der Waals surface area contributed by atoms with Crippen molar-refractivity contribution in [2.24, 2.45) is 0 Å². The smallest absolute Gasteiger partial charge is 0.414 e. The summed E-state index contributed by atoms with van der Waals surface area (Å²) in [6.07, 6.45) is 5.55. The molecule has 1 fully saturated rings. The minimum atomic E-state index is -0.544. The Morgan fingerprint density at radius 3 is 2.90 bits per heavy atom. The van der Waals surface area contributed by atoms with Gasteiger partial charge in [0.25, 0.3) is 5.89 Å². The fourth-order valence-corrected chi connectivity index (χ4v) is 3.35. The molecule has 1 amide bonds. The minimum Gasteiger partial charge on any atom is -0.442 e. The van der Waals surface area contributed by atoms with Crippen LogP contribution >= 0.6 is 0 Å². The summed E-state index contributed by atoms with van der Waals surface area (Å²) in [6.45, 7) is 0.279. The summed E-state index contributed by atoms with van der Waals surface area (Å²) in [5.41, 5.74) is 1.28. The first kappa shape index (κ1) is 18.9. The predicted molar refractivity (Wildman–Crippen MR) is 103 cm³/mol. The average Bonchev–Trinajstić information content (AvgIpc) is 3.55. The number of aliphatic hydroxyl groups is 1. The van der Waals surface area contributed by atoms with E-state index in [9.17, 15) is 9.18 Å². The number of amides is 1. The highest BCUT2D eigenvalue weighted by Crippen LogP contribution is 2.27. The highest BCUT2D eigenvalue weighted by atomic mass is 19.1. The van der Waals surface area contributed by atoms with Crippen molar-refractivity contribution < 1.29 is 23.6 Å². The average molecular weight is 425 g/mol. The van der Waals surface area contributed by atoms with Crippen LogP contribution < -0.4 is 4.90 Å². The first-order chi connectivity index (χ1) is 15.1. The largest absolute Gasteiger partial charge is 0.442 e. The summed E-state index contributed by atoms with van der Waals surface area (Å²) in [5, 5.41) is 20.4. The number of benzene rings is 1. The Morgan fingerprint density at radius 1 is 1.26 bits per heavy atom. The Labute approximate surface area is 174 Å². The number of cyclic esters (lactones) is 1. The zero-order chi connectivity index (χ0) is 21.4. The predicted octanol–water partition coefficient (Wildman–Crippen LogP) is 1.78. The van der Waals surface area contributed by atoms with Crippen molar-refractivity contribution in [2.45, 2.75) is 19.3 Å². The van der Waals surface area contributed by atoms with E-state index in [4.69, 9.17) is 14.4 Å². The van der Waals surface area contributed by atoms with Gasteiger partial charge in [-0.3, -0.25) is 4.90 Å². The fourth-order valence-electron chi connectivity index (χ4n) is 3.35. The number of aliphatic hydroxyl groups excluding tert-OH is 1. The van der Waals surface area contributed by atoms with Gasteiger partial charge in [-0.2, -0.15) is 4.98 Å². The van der Waals surface area contributed by atoms with Crippen molar-refractivity contribution in [3.63, 3.8) is 0 Å². The molecule has 0 unspecified atom stereocenters. The molecule has 1 aromatic carbocycles. The second-order valence-corrected chi connectivity index (χ2v) is 6.85. The maximum atomic E-state index is 14.9. The maximum Gasteiger partial charge on any atom is 0.414 e. The lowest BCUT2D eigenvalue weighted by molar-refractivity contribution is 0.129. The van der Waals surface area contributed by atoms with Gasteiger partial charge in [-0.1, -0.05) is 10.4 Å². The monoisotopic (exact) mass is 425 g/mol. The first-order valence-electron chi connectivity index (χ1n) is 9.34. The third-order valence-corrected chi connectivity index (χ3v) is 4.81. The second-order valence-electron chi connectivity index (χ2n) is 6.85.